The number of hydrogen-bond donors (Lipinski definition) is 0. The number of esters is 2. The molecule has 0 N–H and O–H groups in total. The highest BCUT2D eigenvalue weighted by molar-refractivity contribution is 9.09. The van der Waals surface area contributed by atoms with Gasteiger partial charge < -0.3 is 27.8 Å². The minimum Gasteiger partial charge on any atom is -0.491 e. The van der Waals surface area contributed by atoms with Gasteiger partial charge in [-0.1, -0.05) is 79.1 Å². The molecule has 0 bridgehead atoms. The summed E-state index contributed by atoms with van der Waals surface area (Å²) in [5.74, 6) is -0.348. The molecule has 0 aliphatic rings. The highest BCUT2D eigenvalue weighted by Gasteiger charge is 2.28. The fourth-order valence-corrected chi connectivity index (χ4v) is 4.89. The predicted octanol–water partition coefficient (Wildman–Crippen LogP) is 5.87. The van der Waals surface area contributed by atoms with E-state index in [1.807, 2.05) is 30.3 Å². The lowest BCUT2D eigenvalue weighted by Gasteiger charge is -2.28. The fourth-order valence-electron chi connectivity index (χ4n) is 2.04. The zero-order chi connectivity index (χ0) is 26.2. The van der Waals surface area contributed by atoms with Gasteiger partial charge >= 0.3 is 20.5 Å². The fraction of sp³-hybridized carbons (Fsp3) is 0.478. The lowest BCUT2D eigenvalue weighted by atomic mass is 10.3. The number of rotatable bonds is 18. The molecule has 0 radical (unpaired) electrons. The monoisotopic (exact) mass is 702 g/mol. The van der Waals surface area contributed by atoms with Crippen molar-refractivity contribution in [3.05, 3.63) is 54.6 Å². The van der Waals surface area contributed by atoms with Crippen LogP contribution in [0.5, 0.6) is 5.75 Å². The van der Waals surface area contributed by atoms with Crippen LogP contribution in [0, 0.1) is 0 Å². The average Bonchev–Trinajstić information content (AvgIpc) is 2.86. The van der Waals surface area contributed by atoms with Crippen molar-refractivity contribution in [1.29, 1.82) is 0 Å². The third-order valence-corrected chi connectivity index (χ3v) is 7.48. The maximum absolute atomic E-state index is 11.8. The minimum absolute atomic E-state index is 0.0361. The van der Waals surface area contributed by atoms with E-state index in [0.717, 1.165) is 0 Å². The summed E-state index contributed by atoms with van der Waals surface area (Å²) < 4.78 is 34.3. The van der Waals surface area contributed by atoms with Crippen LogP contribution in [0.4, 0.5) is 0 Å². The Morgan fingerprint density at radius 2 is 1.17 bits per heavy atom. The van der Waals surface area contributed by atoms with Crippen LogP contribution in [0.15, 0.2) is 54.6 Å². The summed E-state index contributed by atoms with van der Waals surface area (Å²) >= 11 is 10.2. The van der Waals surface area contributed by atoms with Crippen LogP contribution >= 0.6 is 56.4 Å². The predicted molar refractivity (Wildman–Crippen MR) is 146 cm³/mol. The van der Waals surface area contributed by atoms with E-state index in [2.05, 4.69) is 60.9 Å². The number of halogens is 3. The third kappa shape index (κ3) is 13.9. The SMILES string of the molecule is C=C(C)C(=O)OCC(CBr)OP(OC(CBr)COC(=O)C(=C)C)OC(CBr)COc1ccccc1. The first-order valence-electron chi connectivity index (χ1n) is 10.5. The highest BCUT2D eigenvalue weighted by atomic mass is 79.9. The van der Waals surface area contributed by atoms with E-state index in [-0.39, 0.29) is 31.0 Å². The Morgan fingerprint density at radius 1 is 0.771 bits per heavy atom. The van der Waals surface area contributed by atoms with Gasteiger partial charge in [-0.15, -0.1) is 0 Å². The van der Waals surface area contributed by atoms with Crippen LogP contribution < -0.4 is 4.74 Å². The summed E-state index contributed by atoms with van der Waals surface area (Å²) in [5, 5.41) is 1.15. The first-order valence-corrected chi connectivity index (χ1v) is 15.0. The van der Waals surface area contributed by atoms with Gasteiger partial charge in [0.15, 0.2) is 0 Å². The van der Waals surface area contributed by atoms with Crippen LogP contribution in [0.2, 0.25) is 0 Å². The van der Waals surface area contributed by atoms with Crippen molar-refractivity contribution in [3.8, 4) is 5.75 Å². The Balaban J connectivity index is 2.87. The Hall–Kier alpha value is -0.810. The Kier molecular flexibility index (Phi) is 17.0. The Labute approximate surface area is 233 Å². The summed E-state index contributed by atoms with van der Waals surface area (Å²) in [4.78, 5) is 23.6. The van der Waals surface area contributed by atoms with Gasteiger partial charge in [0, 0.05) is 27.1 Å². The average molecular weight is 705 g/mol. The smallest absolute Gasteiger partial charge is 0.333 e. The van der Waals surface area contributed by atoms with Gasteiger partial charge in [-0.05, 0) is 26.0 Å². The molecule has 1 aromatic rings. The molecule has 0 heterocycles. The molecule has 8 nitrogen and oxygen atoms in total. The zero-order valence-corrected chi connectivity index (χ0v) is 25.3. The van der Waals surface area contributed by atoms with Gasteiger partial charge in [0.25, 0.3) is 0 Å². The van der Waals surface area contributed by atoms with E-state index in [9.17, 15) is 9.59 Å². The highest BCUT2D eigenvalue weighted by Crippen LogP contribution is 2.44. The number of para-hydroxylation sites is 1. The van der Waals surface area contributed by atoms with E-state index < -0.39 is 38.9 Å². The molecule has 0 fully saturated rings. The largest absolute Gasteiger partial charge is 0.491 e. The molecule has 0 aromatic heterocycles. The summed E-state index contributed by atoms with van der Waals surface area (Å²) in [7, 11) is -1.97. The van der Waals surface area contributed by atoms with Crippen molar-refractivity contribution in [2.45, 2.75) is 32.2 Å². The summed E-state index contributed by atoms with van der Waals surface area (Å²) in [5.41, 5.74) is 0.563. The van der Waals surface area contributed by atoms with Crippen LogP contribution in [-0.2, 0) is 32.6 Å². The van der Waals surface area contributed by atoms with Crippen molar-refractivity contribution in [2.24, 2.45) is 0 Å². The van der Waals surface area contributed by atoms with Gasteiger partial charge in [-0.3, -0.25) is 0 Å². The van der Waals surface area contributed by atoms with E-state index in [1.165, 1.54) is 0 Å². The number of carbonyl (C=O) groups is 2. The number of ether oxygens (including phenoxy) is 3. The number of hydrogen-bond acceptors (Lipinski definition) is 8. The van der Waals surface area contributed by atoms with Crippen LogP contribution in [0.3, 0.4) is 0 Å². The molecule has 1 rings (SSSR count). The molecule has 1 aromatic carbocycles. The Morgan fingerprint density at radius 3 is 1.54 bits per heavy atom. The summed E-state index contributed by atoms with van der Waals surface area (Å²) in [6.45, 7) is 10.4. The molecule has 0 spiro atoms. The van der Waals surface area contributed by atoms with E-state index in [1.54, 1.807) is 13.8 Å². The van der Waals surface area contributed by atoms with Gasteiger partial charge in [-0.25, -0.2) is 9.59 Å². The molecule has 196 valence electrons. The second kappa shape index (κ2) is 18.4. The minimum atomic E-state index is -1.97. The van der Waals surface area contributed by atoms with Crippen molar-refractivity contribution < 1.29 is 37.4 Å². The second-order valence-corrected chi connectivity index (χ2v) is 10.3. The molecule has 0 amide bonds. The lowest BCUT2D eigenvalue weighted by Crippen LogP contribution is -2.29. The molecule has 35 heavy (non-hydrogen) atoms. The second-order valence-electron chi connectivity index (χ2n) is 7.25. The molecule has 0 saturated carbocycles. The summed E-state index contributed by atoms with van der Waals surface area (Å²) in [6.07, 6.45) is -1.56. The lowest BCUT2D eigenvalue weighted by molar-refractivity contribution is -0.141. The van der Waals surface area contributed by atoms with Crippen LogP contribution in [0.25, 0.3) is 0 Å². The molecule has 0 aliphatic heterocycles. The van der Waals surface area contributed by atoms with Crippen molar-refractivity contribution in [1.82, 2.24) is 0 Å². The van der Waals surface area contributed by atoms with E-state index >= 15 is 0 Å². The van der Waals surface area contributed by atoms with Crippen LogP contribution in [-0.4, -0.2) is 66.1 Å². The molecule has 3 atom stereocenters. The number of carbonyl (C=O) groups excluding carboxylic acids is 2. The number of benzene rings is 1. The molecule has 12 heteroatoms. The first kappa shape index (κ1) is 32.2. The molecule has 0 saturated heterocycles. The maximum Gasteiger partial charge on any atom is 0.333 e. The van der Waals surface area contributed by atoms with E-state index in [4.69, 9.17) is 27.8 Å². The standard InChI is InChI=1S/C23H30Br3O8P/c1-16(2)22(27)30-14-20(11-25)33-35(34-21(12-26)15-31-23(28)17(3)4)32-19(10-24)13-29-18-8-6-5-7-9-18/h5-9,19-21H,1,3,10-15H2,2,4H3. The Bertz CT molecular complexity index is 771. The topological polar surface area (TPSA) is 89.5 Å². The first-order chi connectivity index (χ1) is 16.7. The van der Waals surface area contributed by atoms with Gasteiger partial charge in [0.2, 0.25) is 0 Å². The van der Waals surface area contributed by atoms with E-state index in [0.29, 0.717) is 21.7 Å². The molecular weight excluding hydrogens is 675 g/mol. The van der Waals surface area contributed by atoms with Crippen molar-refractivity contribution >= 4 is 68.3 Å². The van der Waals surface area contributed by atoms with Crippen LogP contribution in [0.1, 0.15) is 13.8 Å². The van der Waals surface area contributed by atoms with Gasteiger partial charge in [0.05, 0.1) is 0 Å². The quantitative estimate of drug-likeness (QED) is 0.0812. The summed E-state index contributed by atoms with van der Waals surface area (Å²) in [6, 6.07) is 9.33. The zero-order valence-electron chi connectivity index (χ0n) is 19.6. The van der Waals surface area contributed by atoms with Crippen molar-refractivity contribution in [2.75, 3.05) is 35.8 Å². The third-order valence-electron chi connectivity index (χ3n) is 3.90. The van der Waals surface area contributed by atoms with Gasteiger partial charge in [-0.2, -0.15) is 0 Å². The van der Waals surface area contributed by atoms with Crippen molar-refractivity contribution in [3.63, 3.8) is 0 Å². The van der Waals surface area contributed by atoms with Gasteiger partial charge in [0.1, 0.15) is 43.9 Å². The maximum atomic E-state index is 11.8. The molecule has 0 aliphatic carbocycles. The molecular formula is C23H30Br3O8P. The normalized spacial score (nSPS) is 14.3. The molecule has 3 unspecified atom stereocenters. The number of alkyl halides is 3.